The Morgan fingerprint density at radius 3 is 3.12 bits per heavy atom. The van der Waals surface area contributed by atoms with Crippen molar-refractivity contribution < 1.29 is 4.79 Å². The van der Waals surface area contributed by atoms with Crippen molar-refractivity contribution in [1.29, 1.82) is 0 Å². The first-order valence-corrected chi connectivity index (χ1v) is 12.3. The van der Waals surface area contributed by atoms with Crippen molar-refractivity contribution in [3.63, 3.8) is 0 Å². The molecular formula is C25H28N6OS. The van der Waals surface area contributed by atoms with Gasteiger partial charge < -0.3 is 11.1 Å². The Labute approximate surface area is 197 Å². The molecule has 0 bridgehead atoms. The predicted molar refractivity (Wildman–Crippen MR) is 135 cm³/mol. The maximum Gasteiger partial charge on any atom is 0.244 e. The Hall–Kier alpha value is -3.10. The summed E-state index contributed by atoms with van der Waals surface area (Å²) < 4.78 is 2.13. The molecular weight excluding hydrogens is 432 g/mol. The summed E-state index contributed by atoms with van der Waals surface area (Å²) in [5, 5.41) is 5.56. The monoisotopic (exact) mass is 460 g/mol. The summed E-state index contributed by atoms with van der Waals surface area (Å²) >= 11 is 1.60. The van der Waals surface area contributed by atoms with Gasteiger partial charge in [0.25, 0.3) is 0 Å². The molecule has 0 radical (unpaired) electrons. The first-order chi connectivity index (χ1) is 16.1. The molecule has 1 atom stereocenters. The number of allylic oxidation sites excluding steroid dienone is 1. The molecule has 0 saturated carbocycles. The van der Waals surface area contributed by atoms with Crippen molar-refractivity contribution in [1.82, 2.24) is 14.7 Å². The standard InChI is InChI=1S/C25H28N6OS/c1-16(32)28-24(26)19-7-2-6-18(14-19)22-23(31-11-12-33-25(31)30-22)21-9-3-8-20(29-21)13-17-5-4-10-27-15-17/h2,6-7,9,11-12,14,17,27H,3-5,8,10,13,15H2,1H3,(H2,26,28,32)/t17-/m0/s1. The lowest BCUT2D eigenvalue weighted by Crippen LogP contribution is -2.31. The van der Waals surface area contributed by atoms with Gasteiger partial charge in [0.2, 0.25) is 5.91 Å². The third kappa shape index (κ3) is 4.67. The number of aromatic nitrogens is 2. The third-order valence-corrected chi connectivity index (χ3v) is 6.94. The summed E-state index contributed by atoms with van der Waals surface area (Å²) in [7, 11) is 0. The average Bonchev–Trinajstić information content (AvgIpc) is 3.41. The van der Waals surface area contributed by atoms with Crippen molar-refractivity contribution in [2.75, 3.05) is 13.1 Å². The largest absolute Gasteiger partial charge is 0.383 e. The van der Waals surface area contributed by atoms with E-state index in [0.717, 1.165) is 60.0 Å². The van der Waals surface area contributed by atoms with E-state index >= 15 is 0 Å². The number of hydrogen-bond acceptors (Lipinski definition) is 5. The molecule has 2 aliphatic heterocycles. The number of nitrogens with one attached hydrogen (secondary N) is 1. The van der Waals surface area contributed by atoms with Crippen molar-refractivity contribution in [3.05, 3.63) is 53.2 Å². The van der Waals surface area contributed by atoms with Crippen LogP contribution in [0.15, 0.2) is 51.9 Å². The zero-order chi connectivity index (χ0) is 22.8. The fourth-order valence-electron chi connectivity index (χ4n) is 4.67. The minimum absolute atomic E-state index is 0.213. The molecule has 170 valence electrons. The summed E-state index contributed by atoms with van der Waals surface area (Å²) in [5.74, 6) is 0.567. The molecule has 1 saturated heterocycles. The van der Waals surface area contributed by atoms with E-state index in [4.69, 9.17) is 15.7 Å². The molecule has 2 aliphatic rings. The van der Waals surface area contributed by atoms with Crippen LogP contribution in [0.4, 0.5) is 0 Å². The summed E-state index contributed by atoms with van der Waals surface area (Å²) in [6.45, 7) is 3.61. The van der Waals surface area contributed by atoms with Gasteiger partial charge in [-0.3, -0.25) is 14.2 Å². The number of aliphatic imine (C=N–C) groups is 2. The lowest BCUT2D eigenvalue weighted by atomic mass is 9.91. The Morgan fingerprint density at radius 1 is 1.39 bits per heavy atom. The van der Waals surface area contributed by atoms with Gasteiger partial charge in [-0.15, -0.1) is 11.3 Å². The van der Waals surface area contributed by atoms with Crippen LogP contribution in [-0.2, 0) is 4.79 Å². The van der Waals surface area contributed by atoms with Gasteiger partial charge in [-0.25, -0.2) is 4.98 Å². The molecule has 5 rings (SSSR count). The number of amidine groups is 1. The van der Waals surface area contributed by atoms with Crippen LogP contribution in [0, 0.1) is 5.92 Å². The normalized spacial score (nSPS) is 19.4. The van der Waals surface area contributed by atoms with Gasteiger partial charge in [0.05, 0.1) is 17.1 Å². The molecule has 2 aromatic heterocycles. The SMILES string of the molecule is CC(=O)N=C(N)c1cccc(-c2nc3sccn3c2C2=CCCC(C[C@@H]3CCCNC3)=N2)c1. The van der Waals surface area contributed by atoms with Crippen molar-refractivity contribution >= 4 is 39.4 Å². The van der Waals surface area contributed by atoms with Crippen LogP contribution < -0.4 is 11.1 Å². The average molecular weight is 461 g/mol. The molecule has 0 unspecified atom stereocenters. The highest BCUT2D eigenvalue weighted by molar-refractivity contribution is 7.15. The van der Waals surface area contributed by atoms with E-state index in [1.54, 1.807) is 11.3 Å². The van der Waals surface area contributed by atoms with Gasteiger partial charge in [-0.05, 0) is 57.2 Å². The molecule has 3 aromatic rings. The van der Waals surface area contributed by atoms with Crippen molar-refractivity contribution in [2.45, 2.75) is 39.0 Å². The first-order valence-electron chi connectivity index (χ1n) is 11.5. The Kier molecular flexibility index (Phi) is 6.20. The predicted octanol–water partition coefficient (Wildman–Crippen LogP) is 4.28. The summed E-state index contributed by atoms with van der Waals surface area (Å²) in [4.78, 5) is 26.3. The topological polar surface area (TPSA) is 97.1 Å². The molecule has 33 heavy (non-hydrogen) atoms. The highest BCUT2D eigenvalue weighted by Crippen LogP contribution is 2.35. The van der Waals surface area contributed by atoms with Gasteiger partial charge in [-0.2, -0.15) is 4.99 Å². The van der Waals surface area contributed by atoms with E-state index in [-0.39, 0.29) is 11.7 Å². The van der Waals surface area contributed by atoms with Gasteiger partial charge in [-0.1, -0.05) is 24.3 Å². The number of rotatable bonds is 5. The van der Waals surface area contributed by atoms with E-state index in [0.29, 0.717) is 11.5 Å². The number of amides is 1. The van der Waals surface area contributed by atoms with Crippen LogP contribution >= 0.6 is 11.3 Å². The second-order valence-corrected chi connectivity index (χ2v) is 9.56. The van der Waals surface area contributed by atoms with E-state index < -0.39 is 0 Å². The van der Waals surface area contributed by atoms with Crippen LogP contribution in [-0.4, -0.2) is 39.9 Å². The van der Waals surface area contributed by atoms with E-state index in [1.165, 1.54) is 25.5 Å². The number of fused-ring (bicyclic) bond motifs is 1. The molecule has 8 heteroatoms. The van der Waals surface area contributed by atoms with E-state index in [1.807, 2.05) is 29.6 Å². The second kappa shape index (κ2) is 9.41. The van der Waals surface area contributed by atoms with Crippen molar-refractivity contribution in [3.8, 4) is 11.3 Å². The lowest BCUT2D eigenvalue weighted by Gasteiger charge is -2.24. The lowest BCUT2D eigenvalue weighted by molar-refractivity contribution is -0.115. The van der Waals surface area contributed by atoms with Crippen LogP contribution in [0.2, 0.25) is 0 Å². The van der Waals surface area contributed by atoms with Gasteiger partial charge in [0, 0.05) is 35.3 Å². The number of thiazole rings is 1. The maximum atomic E-state index is 11.4. The van der Waals surface area contributed by atoms with E-state index in [2.05, 4.69) is 27.0 Å². The van der Waals surface area contributed by atoms with Gasteiger partial charge in [0.15, 0.2) is 4.96 Å². The van der Waals surface area contributed by atoms with Crippen LogP contribution in [0.1, 0.15) is 50.3 Å². The van der Waals surface area contributed by atoms with Gasteiger partial charge in [0.1, 0.15) is 5.84 Å². The summed E-state index contributed by atoms with van der Waals surface area (Å²) in [6, 6.07) is 7.74. The molecule has 0 spiro atoms. The molecule has 7 nitrogen and oxygen atoms in total. The third-order valence-electron chi connectivity index (χ3n) is 6.19. The zero-order valence-electron chi connectivity index (χ0n) is 18.8. The number of imidazole rings is 1. The maximum absolute atomic E-state index is 11.4. The number of carbonyl (C=O) groups excluding carboxylic acids is 1. The Bertz CT molecular complexity index is 1280. The highest BCUT2D eigenvalue weighted by atomic mass is 32.1. The van der Waals surface area contributed by atoms with Crippen LogP contribution in [0.5, 0.6) is 0 Å². The van der Waals surface area contributed by atoms with Gasteiger partial charge >= 0.3 is 0 Å². The zero-order valence-corrected chi connectivity index (χ0v) is 19.6. The second-order valence-electron chi connectivity index (χ2n) is 8.68. The number of carbonyl (C=O) groups is 1. The molecule has 4 heterocycles. The van der Waals surface area contributed by atoms with Crippen LogP contribution in [0.25, 0.3) is 21.9 Å². The number of benzene rings is 1. The smallest absolute Gasteiger partial charge is 0.244 e. The number of hydrogen-bond donors (Lipinski definition) is 2. The van der Waals surface area contributed by atoms with E-state index in [9.17, 15) is 4.79 Å². The number of piperidine rings is 1. The number of nitrogens with zero attached hydrogens (tertiary/aromatic N) is 4. The summed E-state index contributed by atoms with van der Waals surface area (Å²) in [5.41, 5.74) is 11.8. The molecule has 3 N–H and O–H groups in total. The quantitative estimate of drug-likeness (QED) is 0.439. The molecule has 0 aliphatic carbocycles. The molecule has 1 aromatic carbocycles. The first kappa shape index (κ1) is 21.7. The number of nitrogens with two attached hydrogens (primary N) is 1. The fraction of sp³-hybridized carbons (Fsp3) is 0.360. The summed E-state index contributed by atoms with van der Waals surface area (Å²) in [6.07, 6.45) is 9.86. The molecule has 1 amide bonds. The molecule has 1 fully saturated rings. The fourth-order valence-corrected chi connectivity index (χ4v) is 5.38. The minimum Gasteiger partial charge on any atom is -0.383 e. The van der Waals surface area contributed by atoms with Crippen LogP contribution in [0.3, 0.4) is 0 Å². The van der Waals surface area contributed by atoms with Crippen molar-refractivity contribution in [2.24, 2.45) is 21.6 Å². The highest BCUT2D eigenvalue weighted by Gasteiger charge is 2.22. The Balaban J connectivity index is 1.53. The Morgan fingerprint density at radius 2 is 2.30 bits per heavy atom. The minimum atomic E-state index is -0.316.